The van der Waals surface area contributed by atoms with Crippen LogP contribution in [-0.2, 0) is 17.9 Å². The molecule has 1 unspecified atom stereocenters. The maximum absolute atomic E-state index is 14.0. The lowest BCUT2D eigenvalue weighted by Gasteiger charge is -2.24. The van der Waals surface area contributed by atoms with Crippen molar-refractivity contribution in [1.82, 2.24) is 25.1 Å². The summed E-state index contributed by atoms with van der Waals surface area (Å²) in [4.78, 5) is 4.35. The van der Waals surface area contributed by atoms with Crippen molar-refractivity contribution in [2.45, 2.75) is 19.3 Å². The van der Waals surface area contributed by atoms with E-state index in [2.05, 4.69) is 20.5 Å². The zero-order valence-corrected chi connectivity index (χ0v) is 16.8. The second-order valence-corrected chi connectivity index (χ2v) is 6.92. The summed E-state index contributed by atoms with van der Waals surface area (Å²) in [6.45, 7) is 0.763. The van der Waals surface area contributed by atoms with Crippen LogP contribution in [0.1, 0.15) is 17.4 Å². The number of aromatic nitrogens is 5. The molecule has 1 aliphatic heterocycles. The van der Waals surface area contributed by atoms with Gasteiger partial charge in [-0.2, -0.15) is 4.98 Å². The average molecular weight is 423 g/mol. The van der Waals surface area contributed by atoms with Crippen LogP contribution in [0.25, 0.3) is 23.0 Å². The average Bonchev–Trinajstić information content (AvgIpc) is 3.45. The van der Waals surface area contributed by atoms with Crippen LogP contribution in [0.2, 0.25) is 0 Å². The number of rotatable bonds is 5. The summed E-state index contributed by atoms with van der Waals surface area (Å²) >= 11 is 0. The summed E-state index contributed by atoms with van der Waals surface area (Å²) in [5.41, 5.74) is 2.62. The highest BCUT2D eigenvalue weighted by Crippen LogP contribution is 2.32. The van der Waals surface area contributed by atoms with Crippen LogP contribution in [0.3, 0.4) is 0 Å². The molecule has 9 nitrogen and oxygen atoms in total. The highest BCUT2D eigenvalue weighted by Gasteiger charge is 2.28. The zero-order valence-electron chi connectivity index (χ0n) is 16.8. The monoisotopic (exact) mass is 423 g/mol. The Morgan fingerprint density at radius 3 is 2.84 bits per heavy atom. The van der Waals surface area contributed by atoms with E-state index in [1.807, 2.05) is 24.3 Å². The molecule has 158 valence electrons. The largest absolute Gasteiger partial charge is 0.497 e. The first kappa shape index (κ1) is 19.2. The number of hydrogen-bond donors (Lipinski definition) is 0. The third-order valence-electron chi connectivity index (χ3n) is 5.10. The fraction of sp³-hybridized carbons (Fsp3) is 0.238. The van der Waals surface area contributed by atoms with E-state index in [9.17, 15) is 4.39 Å². The Hall–Kier alpha value is -3.79. The molecule has 0 N–H and O–H groups in total. The molecular weight excluding hydrogens is 405 g/mol. The van der Waals surface area contributed by atoms with E-state index in [0.29, 0.717) is 17.8 Å². The summed E-state index contributed by atoms with van der Waals surface area (Å²) < 4.78 is 37.4. The van der Waals surface area contributed by atoms with Gasteiger partial charge in [0.2, 0.25) is 5.82 Å². The van der Waals surface area contributed by atoms with Crippen LogP contribution in [-0.4, -0.2) is 39.4 Å². The Balaban J connectivity index is 1.39. The van der Waals surface area contributed by atoms with Crippen LogP contribution < -0.4 is 9.47 Å². The zero-order chi connectivity index (χ0) is 21.4. The molecule has 1 atom stereocenters. The molecule has 4 aromatic rings. The minimum absolute atomic E-state index is 0.141. The highest BCUT2D eigenvalue weighted by molar-refractivity contribution is 5.59. The van der Waals surface area contributed by atoms with Crippen LogP contribution in [0.15, 0.2) is 47.0 Å². The third kappa shape index (κ3) is 3.50. The lowest BCUT2D eigenvalue weighted by Crippen LogP contribution is -2.22. The van der Waals surface area contributed by atoms with Crippen molar-refractivity contribution < 1.29 is 23.1 Å². The van der Waals surface area contributed by atoms with Gasteiger partial charge in [0.15, 0.2) is 17.3 Å². The van der Waals surface area contributed by atoms with Gasteiger partial charge in [0, 0.05) is 5.56 Å². The standard InChI is InChI=1S/C21H18FN5O4/c1-28-14-5-3-4-12(8-14)18-10-27-16(11-30-18)19(24-26-27)21-23-20(25-31-21)13-6-7-17(29-2)15(22)9-13/h3-9,18H,10-11H2,1-2H3. The first-order chi connectivity index (χ1) is 15.2. The van der Waals surface area contributed by atoms with Gasteiger partial charge in [-0.05, 0) is 35.9 Å². The molecule has 10 heteroatoms. The van der Waals surface area contributed by atoms with Crippen molar-refractivity contribution in [2.24, 2.45) is 0 Å². The molecule has 0 amide bonds. The molecule has 1 aliphatic rings. The number of halogens is 1. The second kappa shape index (κ2) is 7.80. The fourth-order valence-electron chi connectivity index (χ4n) is 3.46. The van der Waals surface area contributed by atoms with Crippen molar-refractivity contribution >= 4 is 0 Å². The molecule has 3 heterocycles. The molecule has 0 aliphatic carbocycles. The van der Waals surface area contributed by atoms with Gasteiger partial charge in [-0.3, -0.25) is 0 Å². The number of fused-ring (bicyclic) bond motifs is 1. The van der Waals surface area contributed by atoms with Gasteiger partial charge < -0.3 is 18.7 Å². The molecule has 5 rings (SSSR count). The van der Waals surface area contributed by atoms with E-state index < -0.39 is 5.82 Å². The lowest BCUT2D eigenvalue weighted by atomic mass is 10.1. The molecule has 31 heavy (non-hydrogen) atoms. The summed E-state index contributed by atoms with van der Waals surface area (Å²) in [6.07, 6.45) is -0.183. The second-order valence-electron chi connectivity index (χ2n) is 6.92. The predicted molar refractivity (Wildman–Crippen MR) is 106 cm³/mol. The van der Waals surface area contributed by atoms with Crippen molar-refractivity contribution in [1.29, 1.82) is 0 Å². The van der Waals surface area contributed by atoms with E-state index in [0.717, 1.165) is 17.0 Å². The van der Waals surface area contributed by atoms with Gasteiger partial charge in [-0.25, -0.2) is 9.07 Å². The van der Waals surface area contributed by atoms with Crippen molar-refractivity contribution in [3.8, 4) is 34.5 Å². The van der Waals surface area contributed by atoms with Crippen LogP contribution in [0, 0.1) is 5.82 Å². The van der Waals surface area contributed by atoms with Gasteiger partial charge in [-0.15, -0.1) is 5.10 Å². The minimum atomic E-state index is -0.510. The van der Waals surface area contributed by atoms with E-state index in [4.69, 9.17) is 18.7 Å². The first-order valence-electron chi connectivity index (χ1n) is 9.52. The molecule has 2 aromatic heterocycles. The number of methoxy groups -OCH3 is 2. The Kier molecular flexibility index (Phi) is 4.83. The molecule has 0 fully saturated rings. The summed E-state index contributed by atoms with van der Waals surface area (Å²) in [6, 6.07) is 12.2. The molecule has 0 spiro atoms. The summed E-state index contributed by atoms with van der Waals surface area (Å²) in [5, 5.41) is 12.4. The first-order valence-corrected chi connectivity index (χ1v) is 9.52. The van der Waals surface area contributed by atoms with Gasteiger partial charge in [0.05, 0.1) is 33.1 Å². The third-order valence-corrected chi connectivity index (χ3v) is 5.10. The quantitative estimate of drug-likeness (QED) is 0.482. The Bertz CT molecular complexity index is 1240. The number of ether oxygens (including phenoxy) is 3. The van der Waals surface area contributed by atoms with E-state index in [1.165, 1.54) is 19.2 Å². The minimum Gasteiger partial charge on any atom is -0.497 e. The molecule has 0 saturated heterocycles. The summed E-state index contributed by atoms with van der Waals surface area (Å²) in [7, 11) is 3.03. The highest BCUT2D eigenvalue weighted by atomic mass is 19.1. The maximum atomic E-state index is 14.0. The van der Waals surface area contributed by atoms with E-state index >= 15 is 0 Å². The van der Waals surface area contributed by atoms with Crippen molar-refractivity contribution in [2.75, 3.05) is 14.2 Å². The number of nitrogens with zero attached hydrogens (tertiary/aromatic N) is 5. The Morgan fingerprint density at radius 2 is 2.03 bits per heavy atom. The van der Waals surface area contributed by atoms with Crippen LogP contribution in [0.5, 0.6) is 11.5 Å². The predicted octanol–water partition coefficient (Wildman–Crippen LogP) is 3.42. The molecule has 2 aromatic carbocycles. The normalized spacial score (nSPS) is 15.5. The molecular formula is C21H18FN5O4. The van der Waals surface area contributed by atoms with Gasteiger partial charge in [-0.1, -0.05) is 22.5 Å². The van der Waals surface area contributed by atoms with Crippen molar-refractivity contribution in [3.05, 3.63) is 59.5 Å². The smallest absolute Gasteiger partial charge is 0.280 e. The molecule has 0 saturated carbocycles. The lowest BCUT2D eigenvalue weighted by molar-refractivity contribution is -0.00127. The maximum Gasteiger partial charge on any atom is 0.280 e. The van der Waals surface area contributed by atoms with Gasteiger partial charge >= 0.3 is 0 Å². The Morgan fingerprint density at radius 1 is 1.13 bits per heavy atom. The topological polar surface area (TPSA) is 97.3 Å². The van der Waals surface area contributed by atoms with Crippen LogP contribution in [0.4, 0.5) is 4.39 Å². The molecule has 0 radical (unpaired) electrons. The van der Waals surface area contributed by atoms with Crippen LogP contribution >= 0.6 is 0 Å². The van der Waals surface area contributed by atoms with E-state index in [1.54, 1.807) is 17.9 Å². The van der Waals surface area contributed by atoms with Crippen molar-refractivity contribution in [3.63, 3.8) is 0 Å². The number of benzene rings is 2. The summed E-state index contributed by atoms with van der Waals surface area (Å²) in [5.74, 6) is 0.826. The SMILES string of the molecule is COc1cccc(C2Cn3nnc(-c4nc(-c5ccc(OC)c(F)c5)no4)c3CO2)c1. The van der Waals surface area contributed by atoms with Gasteiger partial charge in [0.25, 0.3) is 5.89 Å². The van der Waals surface area contributed by atoms with Gasteiger partial charge in [0.1, 0.15) is 11.9 Å². The fourth-order valence-corrected chi connectivity index (χ4v) is 3.46. The number of hydrogen-bond acceptors (Lipinski definition) is 8. The Labute approximate surface area is 176 Å². The van der Waals surface area contributed by atoms with E-state index in [-0.39, 0.29) is 30.2 Å². The molecule has 0 bridgehead atoms.